The van der Waals surface area contributed by atoms with E-state index in [-0.39, 0.29) is 24.9 Å². The molecule has 2 aromatic carbocycles. The molecule has 0 saturated carbocycles. The van der Waals surface area contributed by atoms with Gasteiger partial charge in [0, 0.05) is 18.0 Å². The Balaban J connectivity index is 1.61. The summed E-state index contributed by atoms with van der Waals surface area (Å²) in [7, 11) is 0. The van der Waals surface area contributed by atoms with Crippen LogP contribution in [0.4, 0.5) is 0 Å². The second-order valence-electron chi connectivity index (χ2n) is 6.90. The van der Waals surface area contributed by atoms with E-state index in [1.807, 2.05) is 61.5 Å². The van der Waals surface area contributed by atoms with Crippen LogP contribution < -0.4 is 5.32 Å². The van der Waals surface area contributed by atoms with Crippen molar-refractivity contribution in [3.8, 4) is 11.4 Å². The van der Waals surface area contributed by atoms with Gasteiger partial charge in [0.25, 0.3) is 0 Å². The number of aliphatic carboxylic acids is 1. The molecule has 0 spiro atoms. The Kier molecular flexibility index (Phi) is 6.67. The van der Waals surface area contributed by atoms with Gasteiger partial charge < -0.3 is 10.4 Å². The number of hydrogen-bond donors (Lipinski definition) is 2. The van der Waals surface area contributed by atoms with Crippen LogP contribution in [-0.2, 0) is 22.6 Å². The summed E-state index contributed by atoms with van der Waals surface area (Å²) >= 11 is 0. The smallest absolute Gasteiger partial charge is 0.303 e. The second-order valence-corrected chi connectivity index (χ2v) is 6.90. The first-order chi connectivity index (χ1) is 14.0. The number of carbonyl (C=O) groups is 2. The molecule has 0 aliphatic heterocycles. The number of carboxylic acids is 1. The molecule has 0 fully saturated rings. The first-order valence-electron chi connectivity index (χ1n) is 9.39. The Morgan fingerprint density at radius 3 is 2.52 bits per heavy atom. The van der Waals surface area contributed by atoms with Gasteiger partial charge in [-0.2, -0.15) is 4.80 Å². The number of nitrogens with one attached hydrogen (secondary N) is 1. The highest BCUT2D eigenvalue weighted by atomic mass is 16.4. The van der Waals surface area contributed by atoms with Crippen molar-refractivity contribution in [2.75, 3.05) is 0 Å². The van der Waals surface area contributed by atoms with Crippen LogP contribution in [0.15, 0.2) is 54.6 Å². The minimum atomic E-state index is -0.891. The number of carboxylic acid groups (broad SMARTS) is 1. The molecular weight excluding hydrogens is 370 g/mol. The van der Waals surface area contributed by atoms with Crippen molar-refractivity contribution in [2.24, 2.45) is 0 Å². The summed E-state index contributed by atoms with van der Waals surface area (Å²) in [6.45, 7) is 1.91. The molecule has 1 unspecified atom stereocenters. The first kappa shape index (κ1) is 20.2. The lowest BCUT2D eigenvalue weighted by molar-refractivity contribution is -0.137. The summed E-state index contributed by atoms with van der Waals surface area (Å²) in [6.07, 6.45) is 0.881. The third-order valence-corrected chi connectivity index (χ3v) is 4.44. The number of aryl methyl sites for hydroxylation is 1. The Labute approximate surface area is 168 Å². The van der Waals surface area contributed by atoms with E-state index in [1.54, 1.807) is 0 Å². The molecule has 1 aromatic heterocycles. The molecule has 150 valence electrons. The third-order valence-electron chi connectivity index (χ3n) is 4.44. The number of amides is 1. The van der Waals surface area contributed by atoms with Crippen molar-refractivity contribution in [1.82, 2.24) is 25.5 Å². The van der Waals surface area contributed by atoms with Gasteiger partial charge >= 0.3 is 5.97 Å². The van der Waals surface area contributed by atoms with Gasteiger partial charge in [-0.3, -0.25) is 9.59 Å². The summed E-state index contributed by atoms with van der Waals surface area (Å²) in [4.78, 5) is 24.6. The molecular formula is C21H23N5O3. The Hall–Kier alpha value is -3.55. The van der Waals surface area contributed by atoms with Gasteiger partial charge in [-0.15, -0.1) is 10.2 Å². The zero-order chi connectivity index (χ0) is 20.6. The van der Waals surface area contributed by atoms with Gasteiger partial charge in [-0.25, -0.2) is 0 Å². The maximum absolute atomic E-state index is 12.5. The van der Waals surface area contributed by atoms with Crippen molar-refractivity contribution >= 4 is 11.9 Å². The molecule has 3 rings (SSSR count). The van der Waals surface area contributed by atoms with E-state index < -0.39 is 5.97 Å². The largest absolute Gasteiger partial charge is 0.481 e. The average Bonchev–Trinajstić information content (AvgIpc) is 3.15. The van der Waals surface area contributed by atoms with E-state index in [2.05, 4.69) is 20.7 Å². The van der Waals surface area contributed by atoms with Gasteiger partial charge in [-0.1, -0.05) is 60.2 Å². The fourth-order valence-electron chi connectivity index (χ4n) is 2.95. The number of aromatic nitrogens is 4. The lowest BCUT2D eigenvalue weighted by atomic mass is 10.0. The Morgan fingerprint density at radius 1 is 1.10 bits per heavy atom. The molecule has 0 aliphatic rings. The molecule has 0 radical (unpaired) electrons. The highest BCUT2D eigenvalue weighted by molar-refractivity contribution is 5.76. The Morgan fingerprint density at radius 2 is 1.83 bits per heavy atom. The molecule has 2 N–H and O–H groups in total. The molecule has 8 nitrogen and oxygen atoms in total. The number of nitrogens with zero attached hydrogens (tertiary/aromatic N) is 4. The van der Waals surface area contributed by atoms with Crippen LogP contribution >= 0.6 is 0 Å². The zero-order valence-electron chi connectivity index (χ0n) is 16.2. The van der Waals surface area contributed by atoms with Crippen LogP contribution in [0.25, 0.3) is 11.4 Å². The standard InChI is InChI=1S/C21H23N5O3/c1-15-7-9-17(10-8-15)21-23-25-26(24-21)14-19(27)22-18(11-12-20(28)29)13-16-5-3-2-4-6-16/h2-10,18H,11-14H2,1H3,(H,22,27)(H,28,29). The van der Waals surface area contributed by atoms with Gasteiger partial charge in [0.2, 0.25) is 11.7 Å². The van der Waals surface area contributed by atoms with Crippen LogP contribution in [0.5, 0.6) is 0 Å². The summed E-state index contributed by atoms with van der Waals surface area (Å²) in [5.74, 6) is -0.730. The molecule has 1 atom stereocenters. The van der Waals surface area contributed by atoms with Crippen LogP contribution in [0.2, 0.25) is 0 Å². The zero-order valence-corrected chi connectivity index (χ0v) is 16.2. The van der Waals surface area contributed by atoms with E-state index in [4.69, 9.17) is 5.11 Å². The lowest BCUT2D eigenvalue weighted by Crippen LogP contribution is -2.39. The van der Waals surface area contributed by atoms with Crippen molar-refractivity contribution in [1.29, 1.82) is 0 Å². The van der Waals surface area contributed by atoms with Gasteiger partial charge in [0.15, 0.2) is 0 Å². The molecule has 0 saturated heterocycles. The van der Waals surface area contributed by atoms with Crippen LogP contribution in [-0.4, -0.2) is 43.2 Å². The topological polar surface area (TPSA) is 110 Å². The number of rotatable bonds is 9. The number of benzene rings is 2. The highest BCUT2D eigenvalue weighted by Crippen LogP contribution is 2.14. The fourth-order valence-corrected chi connectivity index (χ4v) is 2.95. The second kappa shape index (κ2) is 9.59. The van der Waals surface area contributed by atoms with Crippen molar-refractivity contribution < 1.29 is 14.7 Å². The predicted molar refractivity (Wildman–Crippen MR) is 107 cm³/mol. The number of hydrogen-bond acceptors (Lipinski definition) is 5. The Bertz CT molecular complexity index is 954. The van der Waals surface area contributed by atoms with E-state index in [0.29, 0.717) is 18.7 Å². The molecule has 0 aliphatic carbocycles. The highest BCUT2D eigenvalue weighted by Gasteiger charge is 2.16. The number of tetrazole rings is 1. The third kappa shape index (κ3) is 6.24. The minimum Gasteiger partial charge on any atom is -0.481 e. The fraction of sp³-hybridized carbons (Fsp3) is 0.286. The van der Waals surface area contributed by atoms with Crippen molar-refractivity contribution in [3.63, 3.8) is 0 Å². The van der Waals surface area contributed by atoms with E-state index in [1.165, 1.54) is 4.80 Å². The predicted octanol–water partition coefficient (Wildman–Crippen LogP) is 2.24. The van der Waals surface area contributed by atoms with Crippen molar-refractivity contribution in [3.05, 3.63) is 65.7 Å². The van der Waals surface area contributed by atoms with E-state index in [9.17, 15) is 9.59 Å². The van der Waals surface area contributed by atoms with Crippen molar-refractivity contribution in [2.45, 2.75) is 38.8 Å². The summed E-state index contributed by atoms with van der Waals surface area (Å²) < 4.78 is 0. The quantitative estimate of drug-likeness (QED) is 0.577. The molecule has 29 heavy (non-hydrogen) atoms. The SMILES string of the molecule is Cc1ccc(-c2nnn(CC(=O)NC(CCC(=O)O)Cc3ccccc3)n2)cc1. The van der Waals surface area contributed by atoms with Gasteiger partial charge in [-0.05, 0) is 30.5 Å². The molecule has 0 bridgehead atoms. The van der Waals surface area contributed by atoms with Gasteiger partial charge in [0.1, 0.15) is 6.54 Å². The molecule has 1 amide bonds. The summed E-state index contributed by atoms with van der Waals surface area (Å²) in [5, 5.41) is 24.1. The maximum Gasteiger partial charge on any atom is 0.303 e. The first-order valence-corrected chi connectivity index (χ1v) is 9.39. The summed E-state index contributed by atoms with van der Waals surface area (Å²) in [6, 6.07) is 17.1. The number of carbonyl (C=O) groups excluding carboxylic acids is 1. The van der Waals surface area contributed by atoms with Crippen LogP contribution in [0.1, 0.15) is 24.0 Å². The lowest BCUT2D eigenvalue weighted by Gasteiger charge is -2.18. The van der Waals surface area contributed by atoms with Crippen LogP contribution in [0.3, 0.4) is 0 Å². The monoisotopic (exact) mass is 393 g/mol. The summed E-state index contributed by atoms with van der Waals surface area (Å²) in [5.41, 5.74) is 2.99. The van der Waals surface area contributed by atoms with Gasteiger partial charge in [0.05, 0.1) is 0 Å². The molecule has 3 aromatic rings. The van der Waals surface area contributed by atoms with E-state index >= 15 is 0 Å². The van der Waals surface area contributed by atoms with E-state index in [0.717, 1.165) is 16.7 Å². The minimum absolute atomic E-state index is 0.0169. The normalized spacial score (nSPS) is 11.8. The molecule has 1 heterocycles. The maximum atomic E-state index is 12.5. The average molecular weight is 393 g/mol. The molecule has 8 heteroatoms. The van der Waals surface area contributed by atoms with Crippen LogP contribution in [0, 0.1) is 6.92 Å².